The summed E-state index contributed by atoms with van der Waals surface area (Å²) in [5.74, 6) is 1.96. The molecule has 0 amide bonds. The van der Waals surface area contributed by atoms with Crippen LogP contribution in [-0.4, -0.2) is 37.0 Å². The summed E-state index contributed by atoms with van der Waals surface area (Å²) in [5, 5.41) is 1.28. The third kappa shape index (κ3) is 5.87. The van der Waals surface area contributed by atoms with Gasteiger partial charge >= 0.3 is 0 Å². The van der Waals surface area contributed by atoms with Crippen molar-refractivity contribution in [2.75, 3.05) is 16.3 Å². The predicted molar refractivity (Wildman–Crippen MR) is 272 cm³/mol. The molecular formula is C59H68N3OSi+. The number of hydrogen-bond donors (Lipinski definition) is 0. The van der Waals surface area contributed by atoms with E-state index in [0.29, 0.717) is 23.4 Å². The molecule has 0 spiro atoms. The van der Waals surface area contributed by atoms with Crippen molar-refractivity contribution in [2.45, 2.75) is 142 Å². The van der Waals surface area contributed by atoms with Gasteiger partial charge in [0.25, 0.3) is 0 Å². The fraction of sp³-hybridized carbons (Fsp3) is 0.441. The van der Waals surface area contributed by atoms with Gasteiger partial charge in [-0.25, -0.2) is 4.58 Å². The van der Waals surface area contributed by atoms with Gasteiger partial charge < -0.3 is 14.2 Å². The third-order valence-electron chi connectivity index (χ3n) is 16.7. The predicted octanol–water partition coefficient (Wildman–Crippen LogP) is 15.1. The van der Waals surface area contributed by atoms with E-state index < -0.39 is 8.07 Å². The highest BCUT2D eigenvalue weighted by molar-refractivity contribution is 6.78. The van der Waals surface area contributed by atoms with E-state index in [1.165, 1.54) is 67.8 Å². The quantitative estimate of drug-likeness (QED) is 0.123. The molecule has 4 aromatic rings. The molecule has 0 fully saturated rings. The monoisotopic (exact) mass is 863 g/mol. The van der Waals surface area contributed by atoms with Crippen molar-refractivity contribution in [3.8, 4) is 11.1 Å². The van der Waals surface area contributed by atoms with Crippen LogP contribution in [0.2, 0.25) is 25.2 Å². The van der Waals surface area contributed by atoms with Gasteiger partial charge in [0, 0.05) is 41.0 Å². The summed E-state index contributed by atoms with van der Waals surface area (Å²) >= 11 is 0. The van der Waals surface area contributed by atoms with Crippen LogP contribution >= 0.6 is 0 Å². The molecule has 4 aliphatic carbocycles. The smallest absolute Gasteiger partial charge is 0.208 e. The van der Waals surface area contributed by atoms with Crippen LogP contribution in [0.25, 0.3) is 33.7 Å². The molecule has 5 heterocycles. The van der Waals surface area contributed by atoms with Crippen LogP contribution in [0.3, 0.4) is 0 Å². The van der Waals surface area contributed by atoms with Gasteiger partial charge in [0.05, 0.1) is 43.0 Å². The number of rotatable bonds is 6. The first-order valence-corrected chi connectivity index (χ1v) is 28.4. The Labute approximate surface area is 383 Å². The van der Waals surface area contributed by atoms with Crippen molar-refractivity contribution in [3.05, 3.63) is 142 Å². The van der Waals surface area contributed by atoms with Crippen LogP contribution < -0.4 is 9.80 Å². The van der Waals surface area contributed by atoms with Gasteiger partial charge in [0.15, 0.2) is 6.04 Å². The van der Waals surface area contributed by atoms with Crippen LogP contribution in [0.5, 0.6) is 0 Å². The van der Waals surface area contributed by atoms with Gasteiger partial charge in [-0.05, 0) is 88.0 Å². The second-order valence-electron chi connectivity index (χ2n) is 23.9. The van der Waals surface area contributed by atoms with E-state index in [0.717, 1.165) is 50.0 Å². The van der Waals surface area contributed by atoms with Gasteiger partial charge in [0.2, 0.25) is 5.71 Å². The first kappa shape index (κ1) is 40.6. The Balaban J connectivity index is 1.09. The normalized spacial score (nSPS) is 26.6. The zero-order valence-electron chi connectivity index (χ0n) is 40.1. The van der Waals surface area contributed by atoms with E-state index in [2.05, 4.69) is 186 Å². The Morgan fingerprint density at radius 3 is 2.23 bits per heavy atom. The molecule has 7 atom stereocenters. The molecular weight excluding hydrogens is 795 g/mol. The lowest BCUT2D eigenvalue weighted by Gasteiger charge is -2.47. The maximum Gasteiger partial charge on any atom is 0.208 e. The second kappa shape index (κ2) is 14.1. The van der Waals surface area contributed by atoms with Crippen LogP contribution in [0.4, 0.5) is 11.4 Å². The highest BCUT2D eigenvalue weighted by atomic mass is 28.3. The van der Waals surface area contributed by atoms with Crippen molar-refractivity contribution in [1.29, 1.82) is 0 Å². The number of aryl methyl sites for hydroxylation is 1. The molecule has 0 N–H and O–H groups in total. The first-order valence-electron chi connectivity index (χ1n) is 24.8. The minimum atomic E-state index is -1.58. The SMILES string of the molecule is CCC1C(C2c3ccc4c5c(oc4c3C3N(C4CCC(C(C)(C)C)C=C4c4ccccc4)c4ccccc4N23)CCC=C5)c2c3ccc-3c2C2=[N+]1CC([Si](C)(C)C)C(CC(C)(C)C)=C2. The molecule has 8 aliphatic rings. The van der Waals surface area contributed by atoms with Crippen molar-refractivity contribution in [2.24, 2.45) is 16.7 Å². The maximum atomic E-state index is 7.27. The lowest BCUT2D eigenvalue weighted by Crippen LogP contribution is -2.52. The molecule has 5 heteroatoms. The van der Waals surface area contributed by atoms with E-state index in [-0.39, 0.29) is 29.1 Å². The molecule has 328 valence electrons. The number of allylic oxidation sites excluding steroid dienone is 3. The summed E-state index contributed by atoms with van der Waals surface area (Å²) in [7, 11) is -1.58. The fourth-order valence-corrected chi connectivity index (χ4v) is 15.8. The zero-order chi connectivity index (χ0) is 44.2. The first-order chi connectivity index (χ1) is 30.6. The van der Waals surface area contributed by atoms with Crippen molar-refractivity contribution >= 4 is 47.8 Å². The topological polar surface area (TPSA) is 22.6 Å². The summed E-state index contributed by atoms with van der Waals surface area (Å²) < 4.78 is 10.2. The number of fused-ring (bicyclic) bond motifs is 14. The molecule has 0 bridgehead atoms. The van der Waals surface area contributed by atoms with Gasteiger partial charge in [0.1, 0.15) is 24.1 Å². The molecule has 3 aromatic carbocycles. The Kier molecular flexibility index (Phi) is 8.93. The molecule has 7 unspecified atom stereocenters. The minimum Gasteiger partial charge on any atom is -0.460 e. The number of para-hydroxylation sites is 2. The van der Waals surface area contributed by atoms with Gasteiger partial charge in [-0.2, -0.15) is 0 Å². The van der Waals surface area contributed by atoms with E-state index in [1.807, 2.05) is 0 Å². The van der Waals surface area contributed by atoms with Crippen molar-refractivity contribution in [3.63, 3.8) is 0 Å². The molecule has 1 aromatic heterocycles. The fourth-order valence-electron chi connectivity index (χ4n) is 13.8. The lowest BCUT2D eigenvalue weighted by atomic mass is 9.64. The van der Waals surface area contributed by atoms with Crippen LogP contribution in [-0.2, 0) is 6.42 Å². The Morgan fingerprint density at radius 1 is 0.812 bits per heavy atom. The Hall–Kier alpha value is -4.87. The average Bonchev–Trinajstić information content (AvgIpc) is 3.90. The minimum absolute atomic E-state index is 0.00717. The van der Waals surface area contributed by atoms with E-state index in [4.69, 9.17) is 4.42 Å². The molecule has 4 aliphatic heterocycles. The number of benzene rings is 4. The van der Waals surface area contributed by atoms with Gasteiger partial charge in [-0.1, -0.05) is 159 Å². The van der Waals surface area contributed by atoms with Crippen molar-refractivity contribution in [1.82, 2.24) is 0 Å². The molecule has 64 heavy (non-hydrogen) atoms. The second-order valence-corrected chi connectivity index (χ2v) is 29.3. The van der Waals surface area contributed by atoms with Crippen LogP contribution in [0, 0.1) is 16.7 Å². The summed E-state index contributed by atoms with van der Waals surface area (Å²) in [5.41, 5.74) is 21.3. The maximum absolute atomic E-state index is 7.27. The standard InChI is InChI=1S/C59H68N3OSi/c1-11-44-54(52-40-27-26-39(40)51(52)48-31-36(33-58(2,3)4)50(34-60(44)48)64(8,9)10)55-42-29-28-41-38-21-15-18-24-49(38)63-56(41)53(42)57-61(46-22-16-17-23-47(46)62(55)57)45-30-25-37(59(5,6)7)32-43(45)35-19-13-12-14-20-35/h12-17,19-23,26-29,31-32,37,44-45,50,54-55,57H,11,18,24-25,30,33-34H2,1-10H3/q+1. The Morgan fingerprint density at radius 2 is 1.55 bits per heavy atom. The lowest BCUT2D eigenvalue weighted by molar-refractivity contribution is -0.572. The van der Waals surface area contributed by atoms with Crippen LogP contribution in [0.15, 0.2) is 107 Å². The summed E-state index contributed by atoms with van der Waals surface area (Å²) in [6.45, 7) is 26.1. The molecule has 0 saturated carbocycles. The van der Waals surface area contributed by atoms with E-state index in [9.17, 15) is 0 Å². The summed E-state index contributed by atoms with van der Waals surface area (Å²) in [6.07, 6.45) is 16.6. The van der Waals surface area contributed by atoms with Gasteiger partial charge in [-0.15, -0.1) is 0 Å². The zero-order valence-corrected chi connectivity index (χ0v) is 41.1. The molecule has 4 nitrogen and oxygen atoms in total. The highest BCUT2D eigenvalue weighted by Gasteiger charge is 2.60. The average molecular weight is 863 g/mol. The highest BCUT2D eigenvalue weighted by Crippen LogP contribution is 2.66. The van der Waals surface area contributed by atoms with Crippen LogP contribution in [0.1, 0.15) is 138 Å². The molecule has 12 rings (SSSR count). The third-order valence-corrected chi connectivity index (χ3v) is 19.3. The Bertz CT molecular complexity index is 2890. The number of anilines is 2. The number of hydrogen-bond acceptors (Lipinski definition) is 3. The van der Waals surface area contributed by atoms with Crippen molar-refractivity contribution < 1.29 is 8.99 Å². The van der Waals surface area contributed by atoms with E-state index >= 15 is 0 Å². The summed E-state index contributed by atoms with van der Waals surface area (Å²) in [4.78, 5) is 5.82. The number of furan rings is 1. The number of nitrogens with zero attached hydrogens (tertiary/aromatic N) is 3. The molecule has 0 saturated heterocycles. The summed E-state index contributed by atoms with van der Waals surface area (Å²) in [6, 6.07) is 31.4. The van der Waals surface area contributed by atoms with E-state index in [1.54, 1.807) is 16.7 Å². The largest absolute Gasteiger partial charge is 0.460 e. The van der Waals surface area contributed by atoms with Gasteiger partial charge in [-0.3, -0.25) is 0 Å². The molecule has 0 radical (unpaired) electrons.